The molecule has 3 N–H and O–H groups in total. The molecule has 0 aliphatic carbocycles. The highest BCUT2D eigenvalue weighted by atomic mass is 35.5. The molecule has 0 aliphatic rings. The Hall–Kier alpha value is -2.41. The number of halogens is 1. The van der Waals surface area contributed by atoms with Gasteiger partial charge in [-0.15, -0.1) is 0 Å². The molecular weight excluding hydrogens is 274 g/mol. The second kappa shape index (κ2) is 6.50. The van der Waals surface area contributed by atoms with Crippen molar-refractivity contribution in [1.29, 1.82) is 0 Å². The summed E-state index contributed by atoms with van der Waals surface area (Å²) in [7, 11) is 0. The summed E-state index contributed by atoms with van der Waals surface area (Å²) in [5.41, 5.74) is 0.785. The number of carboxylic acids is 2. The standard InChI is InChI=1S/C6H4ClNO2.C5H6N2O2/c7-4-1-2-8-5(3-4)6(9)10;1-3-2-4(5(8)9)7-6-3/h1-3H,(H,9,10);2H,1H3,(H,6,7)(H,8,9). The number of hydrogen-bond acceptors (Lipinski definition) is 4. The number of nitrogens with zero attached hydrogens (tertiary/aromatic N) is 2. The highest BCUT2D eigenvalue weighted by Gasteiger charge is 2.03. The summed E-state index contributed by atoms with van der Waals surface area (Å²) in [6.07, 6.45) is 1.35. The van der Waals surface area contributed by atoms with Crippen molar-refractivity contribution in [3.05, 3.63) is 46.5 Å². The first-order valence-electron chi connectivity index (χ1n) is 5.00. The van der Waals surface area contributed by atoms with E-state index >= 15 is 0 Å². The fourth-order valence-electron chi connectivity index (χ4n) is 1.05. The number of pyridine rings is 1. The molecule has 0 bridgehead atoms. The van der Waals surface area contributed by atoms with Crippen molar-refractivity contribution in [3.63, 3.8) is 0 Å². The van der Waals surface area contributed by atoms with Gasteiger partial charge in [0.25, 0.3) is 0 Å². The third kappa shape index (κ3) is 4.76. The quantitative estimate of drug-likeness (QED) is 0.774. The van der Waals surface area contributed by atoms with E-state index < -0.39 is 11.9 Å². The number of H-pyrrole nitrogens is 1. The van der Waals surface area contributed by atoms with Crippen molar-refractivity contribution in [3.8, 4) is 0 Å². The van der Waals surface area contributed by atoms with Crippen LogP contribution in [0.3, 0.4) is 0 Å². The minimum Gasteiger partial charge on any atom is -0.477 e. The number of aromatic carboxylic acids is 2. The van der Waals surface area contributed by atoms with E-state index in [9.17, 15) is 9.59 Å². The Bertz CT molecular complexity index is 597. The number of aromatic amines is 1. The molecule has 0 saturated carbocycles. The molecule has 2 rings (SSSR count). The molecular formula is C11H10ClN3O4. The van der Waals surface area contributed by atoms with Crippen LogP contribution in [0, 0.1) is 6.92 Å². The molecule has 8 heteroatoms. The summed E-state index contributed by atoms with van der Waals surface area (Å²) in [6.45, 7) is 1.73. The molecule has 0 amide bonds. The molecule has 0 unspecified atom stereocenters. The van der Waals surface area contributed by atoms with Crippen LogP contribution in [0.1, 0.15) is 26.7 Å². The lowest BCUT2D eigenvalue weighted by Crippen LogP contribution is -1.98. The summed E-state index contributed by atoms with van der Waals surface area (Å²) in [4.78, 5) is 23.9. The molecule has 19 heavy (non-hydrogen) atoms. The molecule has 2 heterocycles. The van der Waals surface area contributed by atoms with Crippen LogP contribution in [0.5, 0.6) is 0 Å². The van der Waals surface area contributed by atoms with Gasteiger partial charge in [-0.3, -0.25) is 5.10 Å². The molecule has 0 spiro atoms. The number of aryl methyl sites for hydroxylation is 1. The second-order valence-corrected chi connectivity index (χ2v) is 3.83. The molecule has 0 aliphatic heterocycles. The van der Waals surface area contributed by atoms with Crippen molar-refractivity contribution >= 4 is 23.5 Å². The van der Waals surface area contributed by atoms with Gasteiger partial charge < -0.3 is 10.2 Å². The van der Waals surface area contributed by atoms with Crippen LogP contribution in [0.15, 0.2) is 24.4 Å². The largest absolute Gasteiger partial charge is 0.477 e. The maximum Gasteiger partial charge on any atom is 0.354 e. The topological polar surface area (TPSA) is 116 Å². The van der Waals surface area contributed by atoms with Crippen LogP contribution in [0.25, 0.3) is 0 Å². The van der Waals surface area contributed by atoms with Gasteiger partial charge in [-0.1, -0.05) is 11.6 Å². The van der Waals surface area contributed by atoms with E-state index in [-0.39, 0.29) is 11.4 Å². The summed E-state index contributed by atoms with van der Waals surface area (Å²) >= 11 is 5.49. The number of nitrogens with one attached hydrogen (secondary N) is 1. The van der Waals surface area contributed by atoms with E-state index in [1.54, 1.807) is 6.92 Å². The summed E-state index contributed by atoms with van der Waals surface area (Å²) < 4.78 is 0. The Morgan fingerprint density at radius 1 is 1.26 bits per heavy atom. The Balaban J connectivity index is 0.000000191. The average Bonchev–Trinajstić information content (AvgIpc) is 2.77. The van der Waals surface area contributed by atoms with Gasteiger partial charge in [-0.25, -0.2) is 14.6 Å². The van der Waals surface area contributed by atoms with Gasteiger partial charge in [0.05, 0.1) is 5.69 Å². The van der Waals surface area contributed by atoms with Crippen LogP contribution >= 0.6 is 11.6 Å². The first-order chi connectivity index (χ1) is 8.90. The maximum atomic E-state index is 10.2. The van der Waals surface area contributed by atoms with Crippen molar-refractivity contribution in [2.24, 2.45) is 0 Å². The number of carboxylic acid groups (broad SMARTS) is 2. The van der Waals surface area contributed by atoms with E-state index in [1.807, 2.05) is 0 Å². The van der Waals surface area contributed by atoms with Crippen molar-refractivity contribution in [2.45, 2.75) is 6.92 Å². The minimum absolute atomic E-state index is 0.0347. The van der Waals surface area contributed by atoms with Crippen molar-refractivity contribution in [1.82, 2.24) is 15.2 Å². The Morgan fingerprint density at radius 3 is 2.26 bits per heavy atom. The van der Waals surface area contributed by atoms with E-state index in [4.69, 9.17) is 21.8 Å². The fraction of sp³-hybridized carbons (Fsp3) is 0.0909. The van der Waals surface area contributed by atoms with Gasteiger partial charge in [0.1, 0.15) is 11.4 Å². The fourth-order valence-corrected chi connectivity index (χ4v) is 1.21. The van der Waals surface area contributed by atoms with Gasteiger partial charge in [0.15, 0.2) is 0 Å². The molecule has 0 atom stereocenters. The zero-order chi connectivity index (χ0) is 14.4. The van der Waals surface area contributed by atoms with Gasteiger partial charge in [0.2, 0.25) is 0 Å². The number of rotatable bonds is 2. The minimum atomic E-state index is -1.07. The van der Waals surface area contributed by atoms with Crippen molar-refractivity contribution < 1.29 is 19.8 Å². The lowest BCUT2D eigenvalue weighted by atomic mass is 10.4. The molecule has 2 aromatic heterocycles. The van der Waals surface area contributed by atoms with Gasteiger partial charge in [-0.2, -0.15) is 5.10 Å². The Morgan fingerprint density at radius 2 is 1.95 bits per heavy atom. The number of aromatic nitrogens is 3. The van der Waals surface area contributed by atoms with Crippen molar-refractivity contribution in [2.75, 3.05) is 0 Å². The smallest absolute Gasteiger partial charge is 0.354 e. The van der Waals surface area contributed by atoms with Crippen LogP contribution < -0.4 is 0 Å². The van der Waals surface area contributed by atoms with Gasteiger partial charge >= 0.3 is 11.9 Å². The van der Waals surface area contributed by atoms with E-state index in [1.165, 1.54) is 24.4 Å². The molecule has 0 saturated heterocycles. The van der Waals surface area contributed by atoms with E-state index in [2.05, 4.69) is 15.2 Å². The summed E-state index contributed by atoms with van der Waals surface area (Å²) in [5, 5.41) is 23.1. The Kier molecular flexibility index (Phi) is 5.01. The molecule has 0 fully saturated rings. The highest BCUT2D eigenvalue weighted by molar-refractivity contribution is 6.30. The molecule has 0 radical (unpaired) electrons. The molecule has 7 nitrogen and oxygen atoms in total. The molecule has 0 aromatic carbocycles. The first kappa shape index (κ1) is 14.7. The maximum absolute atomic E-state index is 10.2. The lowest BCUT2D eigenvalue weighted by Gasteiger charge is -1.91. The van der Waals surface area contributed by atoms with Crippen LogP contribution in [0.4, 0.5) is 0 Å². The monoisotopic (exact) mass is 283 g/mol. The summed E-state index contributed by atoms with van der Waals surface area (Å²) in [6, 6.07) is 4.29. The predicted molar refractivity (Wildman–Crippen MR) is 66.5 cm³/mol. The SMILES string of the molecule is Cc1cc(C(=O)O)[nH]n1.O=C(O)c1cc(Cl)ccn1. The summed E-state index contributed by atoms with van der Waals surface area (Å²) in [5.74, 6) is -2.04. The van der Waals surface area contributed by atoms with Gasteiger partial charge in [0, 0.05) is 11.2 Å². The zero-order valence-corrected chi connectivity index (χ0v) is 10.5. The third-order valence-electron chi connectivity index (χ3n) is 1.88. The third-order valence-corrected chi connectivity index (χ3v) is 2.11. The predicted octanol–water partition coefficient (Wildman–Crippen LogP) is 1.85. The molecule has 100 valence electrons. The molecule has 2 aromatic rings. The first-order valence-corrected chi connectivity index (χ1v) is 5.38. The lowest BCUT2D eigenvalue weighted by molar-refractivity contribution is 0.0680. The van der Waals surface area contributed by atoms with Crippen LogP contribution in [-0.2, 0) is 0 Å². The normalized spacial score (nSPS) is 9.37. The van der Waals surface area contributed by atoms with Gasteiger partial charge in [-0.05, 0) is 25.1 Å². The van der Waals surface area contributed by atoms with E-state index in [0.29, 0.717) is 10.7 Å². The average molecular weight is 284 g/mol. The van der Waals surface area contributed by atoms with Crippen LogP contribution in [0.2, 0.25) is 5.02 Å². The highest BCUT2D eigenvalue weighted by Crippen LogP contribution is 2.07. The Labute approximate surface area is 112 Å². The van der Waals surface area contributed by atoms with E-state index in [0.717, 1.165) is 0 Å². The number of hydrogen-bond donors (Lipinski definition) is 3. The zero-order valence-electron chi connectivity index (χ0n) is 9.79. The van der Waals surface area contributed by atoms with Crippen LogP contribution in [-0.4, -0.2) is 37.3 Å². The second-order valence-electron chi connectivity index (χ2n) is 3.39. The number of carbonyl (C=O) groups is 2.